The highest BCUT2D eigenvalue weighted by Crippen LogP contribution is 2.55. The maximum atomic E-state index is 7.06. The maximum Gasteiger partial charge on any atom is 0.139 e. The van der Waals surface area contributed by atoms with Gasteiger partial charge in [-0.2, -0.15) is 0 Å². The largest absolute Gasteiger partial charge is 0.493 e. The number of benzene rings is 2. The lowest BCUT2D eigenvalue weighted by Crippen LogP contribution is -1.97. The first-order chi connectivity index (χ1) is 53.3. The van der Waals surface area contributed by atoms with Crippen LogP contribution < -0.4 is 28.4 Å². The zero-order valence-corrected chi connectivity index (χ0v) is 68.9. The number of fused-ring (bicyclic) bond motifs is 8. The van der Waals surface area contributed by atoms with Gasteiger partial charge in [0.05, 0.1) is 101 Å². The Bertz CT molecular complexity index is 4600. The van der Waals surface area contributed by atoms with E-state index < -0.39 is 0 Å². The van der Waals surface area contributed by atoms with E-state index in [1.54, 1.807) is 68.0 Å². The molecule has 10 nitrogen and oxygen atoms in total. The monoisotopic (exact) mass is 1550 g/mol. The smallest absolute Gasteiger partial charge is 0.139 e. The topological polar surface area (TPSA) is 113 Å². The zero-order chi connectivity index (χ0) is 74.2. The Kier molecular flexibility index (Phi) is 29.0. The molecular formula is C92H106N4O6S6. The number of nitrogens with one attached hydrogen (secondary N) is 2. The summed E-state index contributed by atoms with van der Waals surface area (Å²) in [5, 5.41) is 4.31. The molecule has 0 fully saturated rings. The minimum absolute atomic E-state index is 0.614. The molecule has 9 aromatic heterocycles. The number of rotatable bonds is 44. The van der Waals surface area contributed by atoms with Crippen molar-refractivity contribution in [2.24, 2.45) is 0 Å². The Hall–Kier alpha value is -7.96. The van der Waals surface area contributed by atoms with Crippen LogP contribution in [-0.4, -0.2) is 59.6 Å². The number of aromatic amines is 2. The summed E-state index contributed by atoms with van der Waals surface area (Å²) < 4.78 is 40.5. The molecule has 0 saturated carbocycles. The molecule has 2 aliphatic heterocycles. The number of aromatic nitrogens is 4. The Morgan fingerprint density at radius 3 is 0.880 bits per heavy atom. The summed E-state index contributed by atoms with van der Waals surface area (Å²) in [5.74, 6) is 5.38. The highest BCUT2D eigenvalue weighted by molar-refractivity contribution is 7.28. The molecule has 13 rings (SSSR count). The van der Waals surface area contributed by atoms with Gasteiger partial charge in [0.2, 0.25) is 0 Å². The van der Waals surface area contributed by atoms with Crippen molar-refractivity contribution in [1.82, 2.24) is 19.9 Å². The molecule has 0 radical (unpaired) electrons. The van der Waals surface area contributed by atoms with Crippen molar-refractivity contribution in [3.8, 4) is 117 Å². The second kappa shape index (κ2) is 40.1. The van der Waals surface area contributed by atoms with Gasteiger partial charge in [-0.1, -0.05) is 218 Å². The van der Waals surface area contributed by atoms with Crippen LogP contribution in [-0.2, 0) is 0 Å². The summed E-state index contributed by atoms with van der Waals surface area (Å²) in [4.78, 5) is 30.7. The number of ether oxygens (including phenoxy) is 6. The number of thiophene rings is 6. The highest BCUT2D eigenvalue weighted by atomic mass is 32.1. The fraction of sp³-hybridized carbons (Fsp3) is 0.391. The van der Waals surface area contributed by atoms with Crippen LogP contribution in [0.1, 0.15) is 218 Å². The quantitative estimate of drug-likeness (QED) is 0.0363. The van der Waals surface area contributed by atoms with E-state index in [0.717, 1.165) is 252 Å². The van der Waals surface area contributed by atoms with Crippen LogP contribution in [0, 0.1) is 0 Å². The molecule has 108 heavy (non-hydrogen) atoms. The summed E-state index contributed by atoms with van der Waals surface area (Å²) in [5.41, 5.74) is 13.2. The molecule has 0 spiro atoms. The summed E-state index contributed by atoms with van der Waals surface area (Å²) >= 11 is 10.5. The number of unbranched alkanes of at least 4 members (excludes halogenated alkanes) is 18. The van der Waals surface area contributed by atoms with Gasteiger partial charge in [-0.15, -0.1) is 68.0 Å². The lowest BCUT2D eigenvalue weighted by Gasteiger charge is -2.06. The molecule has 0 unspecified atom stereocenters. The van der Waals surface area contributed by atoms with E-state index in [-0.39, 0.29) is 0 Å². The van der Waals surface area contributed by atoms with Crippen LogP contribution >= 0.6 is 68.0 Å². The standard InChI is InChI=1S/C92H106N4O6S6/c1-7-13-19-31-49-97-65-55-81(103-61-65)89-77(101-53-35-23-17-11-5)59-83(107-89)91-75(99-51-33-21-15-9-3)57-79(105-91)87-71-45-41-67(93-71)85(63-37-27-25-28-38-63)69-43-47-73(95-69)88(74-48-44-70(96-74)86(64-39-29-26-30-40-64)68-42-46-72(87)94-68)80-58-76(100-52-34-22-16-10-4)92(106-80)84-60-78(102-54-36-24-18-12-6)90(108-84)82-56-66(62-104-82)98-50-32-20-14-8-2/h25-30,37-48,55-62,93,96H,7-24,31-36,49-54H2,1-6H3. The van der Waals surface area contributed by atoms with Crippen molar-refractivity contribution >= 4 is 114 Å². The van der Waals surface area contributed by atoms with Gasteiger partial charge in [0.25, 0.3) is 0 Å². The first-order valence-electron chi connectivity index (χ1n) is 40.1. The normalized spacial score (nSPS) is 11.9. The molecule has 2 aromatic carbocycles. The third kappa shape index (κ3) is 19.8. The summed E-state index contributed by atoms with van der Waals surface area (Å²) in [6, 6.07) is 43.8. The molecule has 11 heterocycles. The van der Waals surface area contributed by atoms with Gasteiger partial charge < -0.3 is 38.4 Å². The lowest BCUT2D eigenvalue weighted by atomic mass is 10.0. The maximum absolute atomic E-state index is 7.06. The van der Waals surface area contributed by atoms with E-state index >= 15 is 0 Å². The Balaban J connectivity index is 0.988. The molecular weight excluding hydrogens is 1450 g/mol. The number of H-pyrrole nitrogens is 2. The molecule has 0 amide bonds. The molecule has 0 saturated heterocycles. The average molecular weight is 1560 g/mol. The predicted octanol–water partition coefficient (Wildman–Crippen LogP) is 30.1. The second-order valence-corrected chi connectivity index (χ2v) is 34.2. The van der Waals surface area contributed by atoms with Gasteiger partial charge >= 0.3 is 0 Å². The van der Waals surface area contributed by atoms with Crippen molar-refractivity contribution in [2.45, 2.75) is 196 Å². The number of hydrogen-bond acceptors (Lipinski definition) is 14. The fourth-order valence-electron chi connectivity index (χ4n) is 13.9. The van der Waals surface area contributed by atoms with Gasteiger partial charge in [-0.3, -0.25) is 0 Å². The number of nitrogens with zero attached hydrogens (tertiary/aromatic N) is 2. The first-order valence-corrected chi connectivity index (χ1v) is 45.1. The van der Waals surface area contributed by atoms with Crippen LogP contribution in [0.15, 0.2) is 132 Å². The van der Waals surface area contributed by atoms with Gasteiger partial charge in [0.1, 0.15) is 34.5 Å². The molecule has 8 bridgehead atoms. The molecule has 2 aliphatic rings. The first kappa shape index (κ1) is 78.2. The van der Waals surface area contributed by atoms with Gasteiger partial charge in [0.15, 0.2) is 0 Å². The average Bonchev–Trinajstić information content (AvgIpc) is 1.60. The lowest BCUT2D eigenvalue weighted by molar-refractivity contribution is 0.305. The van der Waals surface area contributed by atoms with E-state index in [4.69, 9.17) is 38.4 Å². The van der Waals surface area contributed by atoms with E-state index in [1.807, 2.05) is 0 Å². The van der Waals surface area contributed by atoms with Crippen molar-refractivity contribution in [3.63, 3.8) is 0 Å². The van der Waals surface area contributed by atoms with Crippen LogP contribution in [0.4, 0.5) is 0 Å². The van der Waals surface area contributed by atoms with E-state index in [1.165, 1.54) is 77.0 Å². The van der Waals surface area contributed by atoms with Crippen molar-refractivity contribution in [1.29, 1.82) is 0 Å². The van der Waals surface area contributed by atoms with Crippen molar-refractivity contribution in [3.05, 3.63) is 155 Å². The SMILES string of the molecule is CCCCCCOc1csc(-c2sc(-c3sc(-c4c5nc(c(-c6ccccc6)c6ccc([nH]6)c(-c6cc(OCCCCCC)c(-c7cc(OCCCCCC)c(-c8cc(OCCCCCC)cs8)s7)s6)c6nc(c(-c7ccccc7)c7ccc4[nH]7)C=C6)C=C5)cc3OCCCCCC)cc2OCCCCCC)c1. The molecule has 566 valence electrons. The summed E-state index contributed by atoms with van der Waals surface area (Å²) in [7, 11) is 0. The third-order valence-corrected chi connectivity index (χ3v) is 26.8. The Labute approximate surface area is 664 Å². The van der Waals surface area contributed by atoms with Crippen LogP contribution in [0.25, 0.3) is 129 Å². The fourth-order valence-corrected chi connectivity index (χ4v) is 20.6. The Morgan fingerprint density at radius 1 is 0.278 bits per heavy atom. The van der Waals surface area contributed by atoms with Crippen LogP contribution in [0.2, 0.25) is 0 Å². The third-order valence-electron chi connectivity index (χ3n) is 19.8. The van der Waals surface area contributed by atoms with E-state index in [0.29, 0.717) is 26.4 Å². The minimum atomic E-state index is 0.614. The predicted molar refractivity (Wildman–Crippen MR) is 467 cm³/mol. The van der Waals surface area contributed by atoms with Crippen LogP contribution in [0.5, 0.6) is 34.5 Å². The molecule has 0 atom stereocenters. The summed E-state index contributed by atoms with van der Waals surface area (Å²) in [6.45, 7) is 17.5. The molecule has 11 aromatic rings. The highest BCUT2D eigenvalue weighted by Gasteiger charge is 2.28. The van der Waals surface area contributed by atoms with Gasteiger partial charge in [0, 0.05) is 77.0 Å². The van der Waals surface area contributed by atoms with E-state index in [9.17, 15) is 0 Å². The molecule has 2 N–H and O–H groups in total. The Morgan fingerprint density at radius 2 is 0.556 bits per heavy atom. The molecule has 16 heteroatoms. The number of hydrogen-bond donors (Lipinski definition) is 2. The summed E-state index contributed by atoms with van der Waals surface area (Å²) in [6.07, 6.45) is 35.9. The minimum Gasteiger partial charge on any atom is -0.493 e. The second-order valence-electron chi connectivity index (χ2n) is 28.2. The van der Waals surface area contributed by atoms with Crippen molar-refractivity contribution in [2.75, 3.05) is 39.6 Å². The molecule has 0 aliphatic carbocycles. The van der Waals surface area contributed by atoms with Crippen molar-refractivity contribution < 1.29 is 28.4 Å². The zero-order valence-electron chi connectivity index (χ0n) is 64.0. The van der Waals surface area contributed by atoms with Gasteiger partial charge in [-0.25, -0.2) is 9.97 Å². The van der Waals surface area contributed by atoms with Gasteiger partial charge in [-0.05, 0) is 122 Å². The van der Waals surface area contributed by atoms with E-state index in [2.05, 4.69) is 208 Å². The van der Waals surface area contributed by atoms with Crippen LogP contribution in [0.3, 0.4) is 0 Å².